The summed E-state index contributed by atoms with van der Waals surface area (Å²) in [5.74, 6) is 2.90. The van der Waals surface area contributed by atoms with Crippen molar-refractivity contribution in [3.8, 4) is 0 Å². The summed E-state index contributed by atoms with van der Waals surface area (Å²) in [6, 6.07) is 6.03. The highest BCUT2D eigenvalue weighted by Crippen LogP contribution is 2.43. The first-order chi connectivity index (χ1) is 10.1. The van der Waals surface area contributed by atoms with Gasteiger partial charge in [-0.15, -0.1) is 0 Å². The molecule has 2 saturated heterocycles. The molecule has 2 aliphatic rings. The topological polar surface area (TPSA) is 35.2 Å². The van der Waals surface area contributed by atoms with Gasteiger partial charge in [-0.05, 0) is 66.9 Å². The average Bonchev–Trinajstić information content (AvgIpc) is 2.46. The van der Waals surface area contributed by atoms with E-state index < -0.39 is 0 Å². The molecule has 0 amide bonds. The summed E-state index contributed by atoms with van der Waals surface area (Å²) in [6.45, 7) is 0.838. The van der Waals surface area contributed by atoms with Crippen LogP contribution in [0.15, 0.2) is 22.7 Å². The van der Waals surface area contributed by atoms with Crippen molar-refractivity contribution in [1.29, 1.82) is 0 Å². The number of ether oxygens (including phenoxy) is 1. The summed E-state index contributed by atoms with van der Waals surface area (Å²) < 4.78 is 7.16. The molecule has 1 spiro atoms. The number of thioether (sulfide) groups is 1. The lowest BCUT2D eigenvalue weighted by atomic mass is 9.77. The summed E-state index contributed by atoms with van der Waals surface area (Å²) >= 11 is 11.7. The van der Waals surface area contributed by atoms with Crippen LogP contribution < -0.4 is 5.73 Å². The van der Waals surface area contributed by atoms with Crippen LogP contribution in [0.1, 0.15) is 37.3 Å². The molecule has 0 bridgehead atoms. The summed E-state index contributed by atoms with van der Waals surface area (Å²) in [7, 11) is 0. The van der Waals surface area contributed by atoms with Crippen LogP contribution in [0.25, 0.3) is 0 Å². The monoisotopic (exact) mass is 389 g/mol. The number of hydrogen-bond acceptors (Lipinski definition) is 3. The van der Waals surface area contributed by atoms with Gasteiger partial charge in [0.1, 0.15) is 0 Å². The lowest BCUT2D eigenvalue weighted by molar-refractivity contribution is -0.105. The van der Waals surface area contributed by atoms with Crippen molar-refractivity contribution < 1.29 is 4.74 Å². The van der Waals surface area contributed by atoms with E-state index in [1.165, 1.54) is 24.3 Å². The average molecular weight is 391 g/mol. The maximum absolute atomic E-state index is 6.56. The second-order valence-corrected chi connectivity index (χ2v) is 8.70. The smallest absolute Gasteiger partial charge is 0.0701 e. The van der Waals surface area contributed by atoms with Crippen LogP contribution in [0.3, 0.4) is 0 Å². The Bertz CT molecular complexity index is 481. The van der Waals surface area contributed by atoms with E-state index in [1.807, 2.05) is 23.9 Å². The Morgan fingerprint density at radius 2 is 2.10 bits per heavy atom. The highest BCUT2D eigenvalue weighted by atomic mass is 79.9. The van der Waals surface area contributed by atoms with Gasteiger partial charge in [-0.1, -0.05) is 27.5 Å². The van der Waals surface area contributed by atoms with Crippen LogP contribution in [0.5, 0.6) is 0 Å². The third kappa shape index (κ3) is 3.78. The first-order valence-corrected chi connectivity index (χ1v) is 9.84. The Morgan fingerprint density at radius 3 is 2.81 bits per heavy atom. The van der Waals surface area contributed by atoms with E-state index in [1.54, 1.807) is 0 Å². The van der Waals surface area contributed by atoms with E-state index in [9.17, 15) is 0 Å². The number of hydrogen-bond donors (Lipinski definition) is 1. The van der Waals surface area contributed by atoms with Crippen LogP contribution in [0.2, 0.25) is 5.02 Å². The fourth-order valence-electron chi connectivity index (χ4n) is 3.50. The van der Waals surface area contributed by atoms with Crippen molar-refractivity contribution in [2.45, 2.75) is 37.3 Å². The molecule has 21 heavy (non-hydrogen) atoms. The standard InChI is InChI=1S/C16H21BrClNOS/c17-13-7-12(8-14(18)9-13)15(19)11-1-4-20-16(10-11)2-5-21-6-3-16/h7-9,11,15H,1-6,10,19H2. The van der Waals surface area contributed by atoms with E-state index in [0.29, 0.717) is 5.92 Å². The van der Waals surface area contributed by atoms with Gasteiger partial charge in [0.2, 0.25) is 0 Å². The fraction of sp³-hybridized carbons (Fsp3) is 0.625. The minimum Gasteiger partial charge on any atom is -0.375 e. The summed E-state index contributed by atoms with van der Waals surface area (Å²) in [5.41, 5.74) is 7.77. The van der Waals surface area contributed by atoms with Crippen molar-refractivity contribution in [3.05, 3.63) is 33.3 Å². The molecule has 3 rings (SSSR count). The van der Waals surface area contributed by atoms with Crippen molar-refractivity contribution in [2.75, 3.05) is 18.1 Å². The van der Waals surface area contributed by atoms with E-state index in [-0.39, 0.29) is 11.6 Å². The Kier molecular flexibility index (Phi) is 5.22. The maximum atomic E-state index is 6.56. The summed E-state index contributed by atoms with van der Waals surface area (Å²) in [6.07, 6.45) is 4.46. The van der Waals surface area contributed by atoms with Crippen LogP contribution >= 0.6 is 39.3 Å². The van der Waals surface area contributed by atoms with Gasteiger partial charge in [-0.25, -0.2) is 0 Å². The van der Waals surface area contributed by atoms with Crippen molar-refractivity contribution in [1.82, 2.24) is 0 Å². The lowest BCUT2D eigenvalue weighted by Crippen LogP contribution is -2.45. The molecular weight excluding hydrogens is 370 g/mol. The summed E-state index contributed by atoms with van der Waals surface area (Å²) in [5, 5.41) is 0.741. The van der Waals surface area contributed by atoms with E-state index in [4.69, 9.17) is 22.1 Å². The molecule has 2 nitrogen and oxygen atoms in total. The lowest BCUT2D eigenvalue weighted by Gasteiger charge is -2.44. The minimum absolute atomic E-state index is 0.0374. The zero-order valence-electron chi connectivity index (χ0n) is 12.0. The number of rotatable bonds is 2. The molecule has 2 N–H and O–H groups in total. The molecule has 0 saturated carbocycles. The van der Waals surface area contributed by atoms with Gasteiger partial charge < -0.3 is 10.5 Å². The van der Waals surface area contributed by atoms with Gasteiger partial charge in [0.15, 0.2) is 0 Å². The zero-order chi connectivity index (χ0) is 14.9. The molecule has 2 atom stereocenters. The van der Waals surface area contributed by atoms with E-state index >= 15 is 0 Å². The van der Waals surface area contributed by atoms with Crippen LogP contribution in [-0.4, -0.2) is 23.7 Å². The first kappa shape index (κ1) is 16.1. The molecule has 2 unspecified atom stereocenters. The molecule has 5 heteroatoms. The van der Waals surface area contributed by atoms with Crippen LogP contribution in [0, 0.1) is 5.92 Å². The molecule has 1 aromatic carbocycles. The van der Waals surface area contributed by atoms with Crippen molar-refractivity contribution in [3.63, 3.8) is 0 Å². The van der Waals surface area contributed by atoms with Crippen molar-refractivity contribution >= 4 is 39.3 Å². The molecule has 0 aromatic heterocycles. The van der Waals surface area contributed by atoms with Gasteiger partial charge in [0, 0.05) is 22.1 Å². The predicted octanol–water partition coefficient (Wildman–Crippen LogP) is 4.79. The Hall–Kier alpha value is 0.260. The normalized spacial score (nSPS) is 26.7. The molecule has 2 aliphatic heterocycles. The molecule has 0 aliphatic carbocycles. The van der Waals surface area contributed by atoms with Crippen LogP contribution in [0.4, 0.5) is 0 Å². The van der Waals surface area contributed by atoms with Gasteiger partial charge in [0.05, 0.1) is 5.60 Å². The quantitative estimate of drug-likeness (QED) is 0.788. The second-order valence-electron chi connectivity index (χ2n) is 6.13. The number of benzene rings is 1. The predicted molar refractivity (Wildman–Crippen MR) is 94.0 cm³/mol. The fourth-order valence-corrected chi connectivity index (χ4v) is 5.63. The minimum atomic E-state index is 0.0374. The highest BCUT2D eigenvalue weighted by Gasteiger charge is 2.40. The van der Waals surface area contributed by atoms with E-state index in [0.717, 1.165) is 34.5 Å². The Morgan fingerprint density at radius 1 is 1.33 bits per heavy atom. The molecule has 1 aromatic rings. The largest absolute Gasteiger partial charge is 0.375 e. The molecule has 2 heterocycles. The highest BCUT2D eigenvalue weighted by molar-refractivity contribution is 9.10. The second kappa shape index (κ2) is 6.79. The van der Waals surface area contributed by atoms with Crippen molar-refractivity contribution in [2.24, 2.45) is 11.7 Å². The number of nitrogens with two attached hydrogens (primary N) is 1. The number of halogens is 2. The molecule has 116 valence electrons. The summed E-state index contributed by atoms with van der Waals surface area (Å²) in [4.78, 5) is 0. The molecule has 2 fully saturated rings. The van der Waals surface area contributed by atoms with Gasteiger partial charge in [0.25, 0.3) is 0 Å². The van der Waals surface area contributed by atoms with Gasteiger partial charge in [-0.3, -0.25) is 0 Å². The SMILES string of the molecule is NC(c1cc(Cl)cc(Br)c1)C1CCOC2(CCSCC2)C1. The Labute approximate surface area is 144 Å². The van der Waals surface area contributed by atoms with Crippen LogP contribution in [-0.2, 0) is 4.74 Å². The zero-order valence-corrected chi connectivity index (χ0v) is 15.1. The van der Waals surface area contributed by atoms with Gasteiger partial charge >= 0.3 is 0 Å². The third-order valence-electron chi connectivity index (χ3n) is 4.71. The Balaban J connectivity index is 1.76. The van der Waals surface area contributed by atoms with Gasteiger partial charge in [-0.2, -0.15) is 11.8 Å². The van der Waals surface area contributed by atoms with E-state index in [2.05, 4.69) is 22.0 Å². The molecular formula is C16H21BrClNOS. The third-order valence-corrected chi connectivity index (χ3v) is 6.37. The first-order valence-electron chi connectivity index (χ1n) is 7.51. The molecule has 0 radical (unpaired) electrons. The maximum Gasteiger partial charge on any atom is 0.0701 e.